The van der Waals surface area contributed by atoms with Crippen molar-refractivity contribution in [2.75, 3.05) is 33.5 Å². The van der Waals surface area contributed by atoms with Gasteiger partial charge in [0.15, 0.2) is 0 Å². The zero-order chi connectivity index (χ0) is 44.4. The fraction of sp³-hybridized carbons (Fsp3) is 0.674. The molecule has 3 rings (SSSR count). The minimum Gasteiger partial charge on any atom is -0.508 e. The molecule has 7 atom stereocenters. The van der Waals surface area contributed by atoms with E-state index in [0.717, 1.165) is 55.5 Å². The molecule has 60 heavy (non-hydrogen) atoms. The Balaban J connectivity index is 1.81. The maximum atomic E-state index is 14.6. The van der Waals surface area contributed by atoms with Crippen molar-refractivity contribution in [3.05, 3.63) is 45.9 Å². The second kappa shape index (κ2) is 25.5. The third-order valence-electron chi connectivity index (χ3n) is 11.1. The van der Waals surface area contributed by atoms with Gasteiger partial charge in [-0.2, -0.15) is 0 Å². The Kier molecular flexibility index (Phi) is 21.2. The Bertz CT molecular complexity index is 1660. The minimum absolute atomic E-state index is 0.0101. The van der Waals surface area contributed by atoms with Crippen LogP contribution in [0.1, 0.15) is 127 Å². The van der Waals surface area contributed by atoms with Gasteiger partial charge in [-0.15, -0.1) is 11.3 Å². The second-order valence-corrected chi connectivity index (χ2v) is 17.1. The SMILES string of the molecule is CCCCOCN(C(=O)[C@@H](NC(=O)[C@H]1CCCCN1C)C(C)CC)[C@H](C[C@@H](O)c1nc(C(=O)N[C@@H](Cc2ccc(O)cc2)C[C@H](C)C(=O)NNC(=O)OCC)cs1)C(C)C. The van der Waals surface area contributed by atoms with E-state index < -0.39 is 48.1 Å². The molecule has 0 saturated carbocycles. The number of rotatable bonds is 23. The number of aromatic hydroxyl groups is 1. The van der Waals surface area contributed by atoms with E-state index in [2.05, 4.69) is 33.4 Å². The van der Waals surface area contributed by atoms with Crippen LogP contribution in [0.15, 0.2) is 29.6 Å². The number of ether oxygens (including phenoxy) is 2. The predicted molar refractivity (Wildman–Crippen MR) is 230 cm³/mol. The topological polar surface area (TPSA) is 212 Å². The van der Waals surface area contributed by atoms with Crippen LogP contribution in [-0.4, -0.2) is 112 Å². The highest BCUT2D eigenvalue weighted by atomic mass is 32.1. The summed E-state index contributed by atoms with van der Waals surface area (Å²) in [6.45, 7) is 14.7. The Labute approximate surface area is 359 Å². The molecular formula is C43H69N7O9S. The van der Waals surface area contributed by atoms with Gasteiger partial charge < -0.3 is 35.2 Å². The van der Waals surface area contributed by atoms with Gasteiger partial charge in [0, 0.05) is 36.4 Å². The minimum atomic E-state index is -1.13. The van der Waals surface area contributed by atoms with Gasteiger partial charge in [-0.05, 0) is 82.2 Å². The van der Waals surface area contributed by atoms with Crippen LogP contribution in [0.3, 0.4) is 0 Å². The van der Waals surface area contributed by atoms with Crippen LogP contribution in [0.4, 0.5) is 4.79 Å². The van der Waals surface area contributed by atoms with Crippen molar-refractivity contribution in [2.45, 2.75) is 137 Å². The molecule has 1 fully saturated rings. The molecule has 1 saturated heterocycles. The number of unbranched alkanes of at least 4 members (excludes halogenated alkanes) is 1. The fourth-order valence-electron chi connectivity index (χ4n) is 7.19. The lowest BCUT2D eigenvalue weighted by molar-refractivity contribution is -0.149. The second-order valence-electron chi connectivity index (χ2n) is 16.2. The summed E-state index contributed by atoms with van der Waals surface area (Å²) in [4.78, 5) is 74.7. The number of aromatic nitrogens is 1. The van der Waals surface area contributed by atoms with Crippen molar-refractivity contribution in [3.8, 4) is 5.75 Å². The summed E-state index contributed by atoms with van der Waals surface area (Å²) in [7, 11) is 1.94. The van der Waals surface area contributed by atoms with Gasteiger partial charge in [-0.3, -0.25) is 29.5 Å². The summed E-state index contributed by atoms with van der Waals surface area (Å²) in [5.41, 5.74) is 5.42. The largest absolute Gasteiger partial charge is 0.508 e. The number of benzene rings is 1. The van der Waals surface area contributed by atoms with Crippen molar-refractivity contribution in [2.24, 2.45) is 17.8 Å². The first-order valence-corrected chi connectivity index (χ1v) is 22.3. The lowest BCUT2D eigenvalue weighted by atomic mass is 9.92. The number of hydrazine groups is 1. The molecule has 0 spiro atoms. The van der Waals surface area contributed by atoms with Crippen LogP contribution >= 0.6 is 11.3 Å². The van der Waals surface area contributed by atoms with Crippen LogP contribution in [0.5, 0.6) is 5.75 Å². The number of carbonyl (C=O) groups excluding carboxylic acids is 5. The molecule has 2 heterocycles. The lowest BCUT2D eigenvalue weighted by Gasteiger charge is -2.39. The Morgan fingerprint density at radius 1 is 1.00 bits per heavy atom. The molecule has 0 aliphatic carbocycles. The van der Waals surface area contributed by atoms with Gasteiger partial charge in [-0.1, -0.05) is 72.9 Å². The van der Waals surface area contributed by atoms with E-state index in [1.54, 1.807) is 36.3 Å². The summed E-state index contributed by atoms with van der Waals surface area (Å²) in [5, 5.41) is 29.4. The Hall–Kier alpha value is -4.32. The summed E-state index contributed by atoms with van der Waals surface area (Å²) in [6.07, 6.45) is 3.80. The molecule has 1 aromatic heterocycles. The number of phenols is 1. The zero-order valence-electron chi connectivity index (χ0n) is 36.7. The number of carbonyl (C=O) groups is 5. The number of thiazole rings is 1. The van der Waals surface area contributed by atoms with E-state index in [1.165, 1.54) is 12.1 Å². The fourth-order valence-corrected chi connectivity index (χ4v) is 7.99. The summed E-state index contributed by atoms with van der Waals surface area (Å²) < 4.78 is 10.8. The first kappa shape index (κ1) is 50.0. The normalized spacial score (nSPS) is 17.4. The molecule has 1 aliphatic rings. The van der Waals surface area contributed by atoms with Gasteiger partial charge in [0.05, 0.1) is 12.6 Å². The molecule has 2 aromatic rings. The van der Waals surface area contributed by atoms with Crippen molar-refractivity contribution in [3.63, 3.8) is 0 Å². The monoisotopic (exact) mass is 859 g/mol. The van der Waals surface area contributed by atoms with E-state index in [-0.39, 0.29) is 67.3 Å². The molecular weight excluding hydrogens is 791 g/mol. The number of nitrogens with one attached hydrogen (secondary N) is 4. The Morgan fingerprint density at radius 2 is 1.72 bits per heavy atom. The van der Waals surface area contributed by atoms with E-state index in [4.69, 9.17) is 9.47 Å². The van der Waals surface area contributed by atoms with Gasteiger partial charge >= 0.3 is 6.09 Å². The van der Waals surface area contributed by atoms with Crippen LogP contribution in [0.25, 0.3) is 0 Å². The van der Waals surface area contributed by atoms with E-state index in [0.29, 0.717) is 24.5 Å². The molecule has 1 aliphatic heterocycles. The standard InChI is InChI=1S/C43H69N7O9S/c1-9-12-21-58-26-50(42(56)37(28(6)10-2)46-40(55)34-15-13-14-20-49(34)8)35(27(4)5)24-36(52)41-45-33(25-60-41)39(54)44-31(23-30-16-18-32(51)19-17-30)22-29(7)38(53)47-48-43(57)59-11-3/h16-19,25,27-29,31,34-37,51-52H,9-15,20-24,26H2,1-8H3,(H,44,54)(H,46,55)(H,47,53)(H,48,57)/t28?,29-,31+,34+,35+,36+,37-/m0/s1. The van der Waals surface area contributed by atoms with E-state index in [1.807, 2.05) is 39.6 Å². The number of phenolic OH excluding ortho intramolecular Hbond substituents is 1. The molecule has 336 valence electrons. The number of likely N-dealkylation sites (N-methyl/N-ethyl adjacent to an activating group) is 1. The highest BCUT2D eigenvalue weighted by molar-refractivity contribution is 7.09. The highest BCUT2D eigenvalue weighted by Crippen LogP contribution is 2.29. The molecule has 0 bridgehead atoms. The highest BCUT2D eigenvalue weighted by Gasteiger charge is 2.38. The number of aliphatic hydroxyl groups is 1. The smallest absolute Gasteiger partial charge is 0.426 e. The number of nitrogens with zero attached hydrogens (tertiary/aromatic N) is 3. The maximum Gasteiger partial charge on any atom is 0.426 e. The number of hydrogen-bond donors (Lipinski definition) is 6. The first-order valence-electron chi connectivity index (χ1n) is 21.4. The molecule has 1 aromatic carbocycles. The van der Waals surface area contributed by atoms with Gasteiger partial charge in [0.1, 0.15) is 35.3 Å². The van der Waals surface area contributed by atoms with Crippen molar-refractivity contribution in [1.82, 2.24) is 36.3 Å². The molecule has 0 radical (unpaired) electrons. The van der Waals surface area contributed by atoms with Crippen molar-refractivity contribution >= 4 is 41.1 Å². The van der Waals surface area contributed by atoms with Crippen LogP contribution in [-0.2, 0) is 30.3 Å². The van der Waals surface area contributed by atoms with Gasteiger partial charge in [0.2, 0.25) is 17.7 Å². The summed E-state index contributed by atoms with van der Waals surface area (Å²) >= 11 is 1.13. The predicted octanol–water partition coefficient (Wildman–Crippen LogP) is 5.06. The molecule has 17 heteroatoms. The molecule has 6 N–H and O–H groups in total. The molecule has 5 amide bonds. The average Bonchev–Trinajstić information content (AvgIpc) is 3.73. The quantitative estimate of drug-likeness (QED) is 0.0494. The number of hydrogen-bond acceptors (Lipinski definition) is 12. The summed E-state index contributed by atoms with van der Waals surface area (Å²) in [5.74, 6) is -2.26. The first-order chi connectivity index (χ1) is 28.6. The van der Waals surface area contributed by atoms with Crippen LogP contribution < -0.4 is 21.5 Å². The van der Waals surface area contributed by atoms with Gasteiger partial charge in [-0.25, -0.2) is 15.2 Å². The molecule has 1 unspecified atom stereocenters. The van der Waals surface area contributed by atoms with Crippen LogP contribution in [0, 0.1) is 17.8 Å². The van der Waals surface area contributed by atoms with Crippen molar-refractivity contribution in [1.29, 1.82) is 0 Å². The third-order valence-corrected chi connectivity index (χ3v) is 12.0. The number of likely N-dealkylation sites (tertiary alicyclic amines) is 1. The van der Waals surface area contributed by atoms with Crippen molar-refractivity contribution < 1.29 is 43.7 Å². The zero-order valence-corrected chi connectivity index (χ0v) is 37.5. The van der Waals surface area contributed by atoms with E-state index in [9.17, 15) is 34.2 Å². The van der Waals surface area contributed by atoms with E-state index >= 15 is 0 Å². The molecule has 16 nitrogen and oxygen atoms in total. The maximum absolute atomic E-state index is 14.6. The summed E-state index contributed by atoms with van der Waals surface area (Å²) in [6, 6.07) is 4.36. The lowest BCUT2D eigenvalue weighted by Crippen LogP contribution is -2.59. The number of amides is 5. The number of aliphatic hydroxyl groups excluding tert-OH is 1. The average molecular weight is 860 g/mol. The third kappa shape index (κ3) is 15.6. The van der Waals surface area contributed by atoms with Gasteiger partial charge in [0.25, 0.3) is 5.91 Å². The van der Waals surface area contributed by atoms with Crippen LogP contribution in [0.2, 0.25) is 0 Å². The number of piperidine rings is 1. The Morgan fingerprint density at radius 3 is 2.35 bits per heavy atom.